The first-order valence-corrected chi connectivity index (χ1v) is 5.57. The Balaban J connectivity index is 2.62. The van der Waals surface area contributed by atoms with Crippen LogP contribution in [0.15, 0.2) is 35.3 Å². The summed E-state index contributed by atoms with van der Waals surface area (Å²) in [6.45, 7) is 0. The number of pyridine rings is 1. The van der Waals surface area contributed by atoms with E-state index in [1.165, 1.54) is 18.2 Å². The smallest absolute Gasteiger partial charge is 0.286 e. The number of hydrogen-bond acceptors (Lipinski definition) is 3. The monoisotopic (exact) mass is 284 g/mol. The molecular weight excluding hydrogens is 279 g/mol. The molecule has 0 saturated carbocycles. The number of nitrogens with one attached hydrogen (secondary N) is 1. The van der Waals surface area contributed by atoms with Gasteiger partial charge in [0.05, 0.1) is 26.7 Å². The van der Waals surface area contributed by atoms with Crippen molar-refractivity contribution in [3.63, 3.8) is 0 Å². The van der Waals surface area contributed by atoms with Gasteiger partial charge in [-0.05, 0) is 17.7 Å². The summed E-state index contributed by atoms with van der Waals surface area (Å²) in [5.41, 5.74) is 0.00628. The average Bonchev–Trinajstić information content (AvgIpc) is 2.33. The summed E-state index contributed by atoms with van der Waals surface area (Å²) in [5, 5.41) is 11.3. The molecule has 2 aromatic rings. The van der Waals surface area contributed by atoms with E-state index in [1.807, 2.05) is 0 Å². The second-order valence-corrected chi connectivity index (χ2v) is 4.30. The van der Waals surface area contributed by atoms with Gasteiger partial charge in [-0.1, -0.05) is 29.3 Å². The number of aromatic nitrogens is 1. The molecule has 1 heterocycles. The SMILES string of the molecule is O=c1[nH]cc([N+](=O)[O-])cc1-c1ccc(Cl)c(Cl)c1. The zero-order chi connectivity index (χ0) is 13.3. The molecule has 0 aliphatic rings. The molecule has 5 nitrogen and oxygen atoms in total. The van der Waals surface area contributed by atoms with Crippen molar-refractivity contribution < 1.29 is 4.92 Å². The van der Waals surface area contributed by atoms with Crippen LogP contribution in [0, 0.1) is 10.1 Å². The van der Waals surface area contributed by atoms with Gasteiger partial charge in [0.1, 0.15) is 0 Å². The van der Waals surface area contributed by atoms with E-state index in [2.05, 4.69) is 4.98 Å². The van der Waals surface area contributed by atoms with E-state index in [-0.39, 0.29) is 16.3 Å². The number of hydrogen-bond donors (Lipinski definition) is 1. The van der Waals surface area contributed by atoms with E-state index < -0.39 is 10.5 Å². The van der Waals surface area contributed by atoms with Crippen LogP contribution in [-0.2, 0) is 0 Å². The molecule has 0 spiro atoms. The van der Waals surface area contributed by atoms with E-state index in [9.17, 15) is 14.9 Å². The molecule has 0 amide bonds. The number of aromatic amines is 1. The summed E-state index contributed by atoms with van der Waals surface area (Å²) in [6, 6.07) is 5.77. The summed E-state index contributed by atoms with van der Waals surface area (Å²) in [5.74, 6) is 0. The van der Waals surface area contributed by atoms with E-state index in [1.54, 1.807) is 6.07 Å². The topological polar surface area (TPSA) is 76.0 Å². The molecule has 92 valence electrons. The largest absolute Gasteiger partial charge is 0.322 e. The van der Waals surface area contributed by atoms with Gasteiger partial charge in [-0.25, -0.2) is 0 Å². The van der Waals surface area contributed by atoms with Crippen molar-refractivity contribution in [1.82, 2.24) is 4.98 Å². The van der Waals surface area contributed by atoms with Crippen molar-refractivity contribution in [2.75, 3.05) is 0 Å². The predicted octanol–water partition coefficient (Wildman–Crippen LogP) is 3.26. The lowest BCUT2D eigenvalue weighted by Crippen LogP contribution is -2.09. The minimum absolute atomic E-state index is 0.169. The van der Waals surface area contributed by atoms with Gasteiger partial charge in [0.15, 0.2) is 0 Å². The van der Waals surface area contributed by atoms with Gasteiger partial charge in [0.2, 0.25) is 0 Å². The molecule has 0 atom stereocenters. The summed E-state index contributed by atoms with van der Waals surface area (Å²) in [7, 11) is 0. The fraction of sp³-hybridized carbons (Fsp3) is 0. The fourth-order valence-electron chi connectivity index (χ4n) is 1.46. The lowest BCUT2D eigenvalue weighted by atomic mass is 10.1. The van der Waals surface area contributed by atoms with Crippen molar-refractivity contribution in [3.05, 3.63) is 61.0 Å². The second kappa shape index (κ2) is 4.80. The number of H-pyrrole nitrogens is 1. The van der Waals surface area contributed by atoms with Gasteiger partial charge < -0.3 is 4.98 Å². The van der Waals surface area contributed by atoms with E-state index in [0.717, 1.165) is 6.20 Å². The molecule has 0 unspecified atom stereocenters. The van der Waals surface area contributed by atoms with Gasteiger partial charge in [-0.2, -0.15) is 0 Å². The molecule has 0 bridgehead atoms. The molecule has 0 radical (unpaired) electrons. The van der Waals surface area contributed by atoms with E-state index >= 15 is 0 Å². The first kappa shape index (κ1) is 12.6. The van der Waals surface area contributed by atoms with Crippen molar-refractivity contribution in [2.24, 2.45) is 0 Å². The van der Waals surface area contributed by atoms with Crippen LogP contribution in [0.3, 0.4) is 0 Å². The Labute approximate surface area is 111 Å². The minimum atomic E-state index is -0.586. The van der Waals surface area contributed by atoms with Crippen LogP contribution in [-0.4, -0.2) is 9.91 Å². The van der Waals surface area contributed by atoms with Crippen LogP contribution in [0.2, 0.25) is 10.0 Å². The standard InChI is InChI=1S/C11H6Cl2N2O3/c12-9-2-1-6(3-10(9)13)8-4-7(15(17)18)5-14-11(8)16/h1-5H,(H,14,16). The van der Waals surface area contributed by atoms with Gasteiger partial charge in [-0.3, -0.25) is 14.9 Å². The Morgan fingerprint density at radius 3 is 2.50 bits per heavy atom. The predicted molar refractivity (Wildman–Crippen MR) is 69.2 cm³/mol. The Kier molecular flexibility index (Phi) is 3.36. The molecule has 1 aromatic carbocycles. The second-order valence-electron chi connectivity index (χ2n) is 3.49. The third-order valence-electron chi connectivity index (χ3n) is 2.33. The summed E-state index contributed by atoms with van der Waals surface area (Å²) in [6.07, 6.45) is 1.04. The molecular formula is C11H6Cl2N2O3. The maximum absolute atomic E-state index is 11.6. The summed E-state index contributed by atoms with van der Waals surface area (Å²) >= 11 is 11.6. The zero-order valence-electron chi connectivity index (χ0n) is 8.81. The quantitative estimate of drug-likeness (QED) is 0.679. The highest BCUT2D eigenvalue weighted by Gasteiger charge is 2.12. The van der Waals surface area contributed by atoms with Gasteiger partial charge in [0.25, 0.3) is 11.2 Å². The Hall–Kier alpha value is -1.85. The number of nitrogens with zero attached hydrogens (tertiary/aromatic N) is 1. The van der Waals surface area contributed by atoms with Crippen LogP contribution < -0.4 is 5.56 Å². The summed E-state index contributed by atoms with van der Waals surface area (Å²) < 4.78 is 0. The molecule has 0 aliphatic heterocycles. The maximum atomic E-state index is 11.6. The summed E-state index contributed by atoms with van der Waals surface area (Å²) in [4.78, 5) is 24.0. The lowest BCUT2D eigenvalue weighted by molar-refractivity contribution is -0.385. The molecule has 1 aromatic heterocycles. The Morgan fingerprint density at radius 1 is 1.17 bits per heavy atom. The first-order valence-electron chi connectivity index (χ1n) is 4.81. The first-order chi connectivity index (χ1) is 8.49. The van der Waals surface area contributed by atoms with Crippen molar-refractivity contribution in [1.29, 1.82) is 0 Å². The number of halogens is 2. The molecule has 0 fully saturated rings. The third-order valence-corrected chi connectivity index (χ3v) is 3.07. The van der Waals surface area contributed by atoms with E-state index in [0.29, 0.717) is 10.6 Å². The van der Waals surface area contributed by atoms with Gasteiger partial charge in [0, 0.05) is 6.07 Å². The van der Waals surface area contributed by atoms with Gasteiger partial charge >= 0.3 is 0 Å². The van der Waals surface area contributed by atoms with Crippen LogP contribution in [0.4, 0.5) is 5.69 Å². The van der Waals surface area contributed by atoms with Crippen LogP contribution >= 0.6 is 23.2 Å². The molecule has 1 N–H and O–H groups in total. The van der Waals surface area contributed by atoms with Crippen molar-refractivity contribution in [2.45, 2.75) is 0 Å². The third kappa shape index (κ3) is 2.37. The lowest BCUT2D eigenvalue weighted by Gasteiger charge is -2.02. The normalized spacial score (nSPS) is 10.3. The highest BCUT2D eigenvalue weighted by atomic mass is 35.5. The van der Waals surface area contributed by atoms with Crippen molar-refractivity contribution in [3.8, 4) is 11.1 Å². The molecule has 18 heavy (non-hydrogen) atoms. The highest BCUT2D eigenvalue weighted by molar-refractivity contribution is 6.42. The highest BCUT2D eigenvalue weighted by Crippen LogP contribution is 2.27. The van der Waals surface area contributed by atoms with Crippen LogP contribution in [0.25, 0.3) is 11.1 Å². The Bertz CT molecular complexity index is 682. The Morgan fingerprint density at radius 2 is 1.89 bits per heavy atom. The maximum Gasteiger partial charge on any atom is 0.286 e. The van der Waals surface area contributed by atoms with Crippen molar-refractivity contribution >= 4 is 28.9 Å². The molecule has 0 saturated heterocycles. The van der Waals surface area contributed by atoms with Crippen LogP contribution in [0.5, 0.6) is 0 Å². The molecule has 7 heteroatoms. The number of nitro groups is 1. The van der Waals surface area contributed by atoms with Crippen LogP contribution in [0.1, 0.15) is 0 Å². The minimum Gasteiger partial charge on any atom is -0.322 e. The molecule has 0 aliphatic carbocycles. The fourth-order valence-corrected chi connectivity index (χ4v) is 1.75. The number of rotatable bonds is 2. The average molecular weight is 285 g/mol. The zero-order valence-corrected chi connectivity index (χ0v) is 10.3. The van der Waals surface area contributed by atoms with Gasteiger partial charge in [-0.15, -0.1) is 0 Å². The van der Waals surface area contributed by atoms with E-state index in [4.69, 9.17) is 23.2 Å². The number of benzene rings is 1. The molecule has 2 rings (SSSR count).